The molecule has 0 fully saturated rings. The maximum absolute atomic E-state index is 2.53. The van der Waals surface area contributed by atoms with Crippen LogP contribution >= 0.6 is 0 Å². The van der Waals surface area contributed by atoms with Crippen LogP contribution in [-0.4, -0.2) is 8.07 Å². The van der Waals surface area contributed by atoms with E-state index in [9.17, 15) is 0 Å². The lowest BCUT2D eigenvalue weighted by molar-refractivity contribution is 0.961. The van der Waals surface area contributed by atoms with Crippen LogP contribution in [0.25, 0.3) is 26.7 Å². The first-order valence-electron chi connectivity index (χ1n) is 10.3. The second-order valence-corrected chi connectivity index (χ2v) is 14.3. The van der Waals surface area contributed by atoms with Crippen molar-refractivity contribution in [2.24, 2.45) is 0 Å². The summed E-state index contributed by atoms with van der Waals surface area (Å²) in [5, 5.41) is 7.22. The van der Waals surface area contributed by atoms with E-state index < -0.39 is 8.07 Å². The zero-order valence-corrected chi connectivity index (χ0v) is 19.4. The van der Waals surface area contributed by atoms with Gasteiger partial charge in [-0.3, -0.25) is 0 Å². The van der Waals surface area contributed by atoms with Crippen molar-refractivity contribution >= 4 is 34.8 Å². The maximum Gasteiger partial charge on any atom is 0.0779 e. The fraction of sp³-hybridized carbons (Fsp3) is 0.385. The molecule has 0 spiro atoms. The first kappa shape index (κ1) is 19.9. The molecule has 0 heterocycles. The van der Waals surface area contributed by atoms with Gasteiger partial charge in [0.15, 0.2) is 0 Å². The molecule has 0 saturated carbocycles. The minimum absolute atomic E-state index is 1.16. The van der Waals surface area contributed by atoms with Crippen molar-refractivity contribution in [2.75, 3.05) is 0 Å². The third-order valence-corrected chi connectivity index (χ3v) is 8.00. The van der Waals surface area contributed by atoms with E-state index in [1.807, 2.05) is 0 Å². The normalized spacial score (nSPS) is 13.0. The molecular formula is C26H34Si. The van der Waals surface area contributed by atoms with Crippen molar-refractivity contribution in [2.45, 2.75) is 67.1 Å². The second-order valence-electron chi connectivity index (χ2n) is 9.22. The molecule has 0 N–H and O–H groups in total. The number of benzene rings is 3. The van der Waals surface area contributed by atoms with Crippen LogP contribution in [-0.2, 0) is 0 Å². The van der Waals surface area contributed by atoms with Gasteiger partial charge in [0.25, 0.3) is 0 Å². The summed E-state index contributed by atoms with van der Waals surface area (Å²) in [4.78, 5) is 0. The summed E-state index contributed by atoms with van der Waals surface area (Å²) in [6.07, 6.45) is 4.90. The highest BCUT2D eigenvalue weighted by atomic mass is 28.3. The van der Waals surface area contributed by atoms with Crippen LogP contribution in [0.5, 0.6) is 0 Å². The Labute approximate surface area is 166 Å². The zero-order chi connectivity index (χ0) is 19.9. The minimum Gasteiger partial charge on any atom is -0.0847 e. The molecule has 0 unspecified atom stereocenters. The summed E-state index contributed by atoms with van der Waals surface area (Å²) in [6, 6.07) is 12.1. The van der Waals surface area contributed by atoms with E-state index in [-0.39, 0.29) is 0 Å². The van der Waals surface area contributed by atoms with Crippen LogP contribution in [0, 0.1) is 27.7 Å². The Hall–Kier alpha value is -1.86. The smallest absolute Gasteiger partial charge is 0.0779 e. The molecule has 0 radical (unpaired) electrons. The highest BCUT2D eigenvalue weighted by molar-refractivity contribution is 6.93. The summed E-state index contributed by atoms with van der Waals surface area (Å²) in [7, 11) is -1.46. The van der Waals surface area contributed by atoms with E-state index in [4.69, 9.17) is 0 Å². The largest absolute Gasteiger partial charge is 0.0847 e. The SMILES string of the molecule is CCC/C=C(\c1cc2cc(C)c(C)cc2c2cc(C)c(C)cc12)[Si](C)(C)C. The first-order chi connectivity index (χ1) is 12.6. The maximum atomic E-state index is 2.53. The zero-order valence-electron chi connectivity index (χ0n) is 18.4. The third-order valence-electron chi connectivity index (χ3n) is 5.92. The van der Waals surface area contributed by atoms with Gasteiger partial charge in [0.2, 0.25) is 0 Å². The van der Waals surface area contributed by atoms with Gasteiger partial charge < -0.3 is 0 Å². The number of hydrogen-bond acceptors (Lipinski definition) is 0. The van der Waals surface area contributed by atoms with Crippen LogP contribution in [0.4, 0.5) is 0 Å². The van der Waals surface area contributed by atoms with Gasteiger partial charge in [-0.2, -0.15) is 0 Å². The number of aryl methyl sites for hydroxylation is 4. The summed E-state index contributed by atoms with van der Waals surface area (Å²) in [5.41, 5.74) is 6.99. The van der Waals surface area contributed by atoms with Crippen LogP contribution in [0.3, 0.4) is 0 Å². The molecule has 0 atom stereocenters. The number of rotatable bonds is 4. The Bertz CT molecular complexity index is 1050. The highest BCUT2D eigenvalue weighted by Gasteiger charge is 2.23. The van der Waals surface area contributed by atoms with Gasteiger partial charge in [-0.25, -0.2) is 0 Å². The average molecular weight is 375 g/mol. The van der Waals surface area contributed by atoms with Gasteiger partial charge in [-0.1, -0.05) is 68.5 Å². The molecule has 0 saturated heterocycles. The standard InChI is InChI=1S/C26H34Si/c1-9-10-11-26(27(6,7)8)25-16-21-12-17(2)18(3)13-22(21)23-14-19(4)20(5)15-24(23)25/h11-16H,9-10H2,1-8H3/b26-11+. The van der Waals surface area contributed by atoms with Crippen LogP contribution in [0.1, 0.15) is 47.6 Å². The minimum atomic E-state index is -1.46. The summed E-state index contributed by atoms with van der Waals surface area (Å²) in [6.45, 7) is 18.6. The van der Waals surface area contributed by atoms with Crippen LogP contribution in [0.2, 0.25) is 19.6 Å². The number of hydrogen-bond donors (Lipinski definition) is 0. The molecule has 0 aromatic heterocycles. The Morgan fingerprint density at radius 1 is 0.741 bits per heavy atom. The summed E-state index contributed by atoms with van der Waals surface area (Å²) < 4.78 is 0. The Morgan fingerprint density at radius 3 is 1.81 bits per heavy atom. The second kappa shape index (κ2) is 7.28. The molecule has 3 aromatic rings. The predicted octanol–water partition coefficient (Wildman–Crippen LogP) is 8.29. The van der Waals surface area contributed by atoms with Gasteiger partial charge in [0.05, 0.1) is 8.07 Å². The van der Waals surface area contributed by atoms with Gasteiger partial charge >= 0.3 is 0 Å². The first-order valence-corrected chi connectivity index (χ1v) is 13.8. The van der Waals surface area contributed by atoms with Crippen molar-refractivity contribution in [1.82, 2.24) is 0 Å². The van der Waals surface area contributed by atoms with Crippen molar-refractivity contribution < 1.29 is 0 Å². The quantitative estimate of drug-likeness (QED) is 0.318. The van der Waals surface area contributed by atoms with E-state index in [1.165, 1.54) is 55.8 Å². The monoisotopic (exact) mass is 374 g/mol. The van der Waals surface area contributed by atoms with Crippen molar-refractivity contribution in [3.05, 3.63) is 64.2 Å². The van der Waals surface area contributed by atoms with E-state index in [0.29, 0.717) is 0 Å². The molecular weight excluding hydrogens is 340 g/mol. The van der Waals surface area contributed by atoms with E-state index >= 15 is 0 Å². The van der Waals surface area contributed by atoms with E-state index in [1.54, 1.807) is 5.20 Å². The summed E-state index contributed by atoms with van der Waals surface area (Å²) >= 11 is 0. The highest BCUT2D eigenvalue weighted by Crippen LogP contribution is 2.38. The molecule has 0 aliphatic carbocycles. The molecule has 0 bridgehead atoms. The molecule has 1 heteroatoms. The molecule has 142 valence electrons. The Morgan fingerprint density at radius 2 is 1.26 bits per heavy atom. The van der Waals surface area contributed by atoms with Crippen molar-refractivity contribution in [3.63, 3.8) is 0 Å². The van der Waals surface area contributed by atoms with Crippen molar-refractivity contribution in [1.29, 1.82) is 0 Å². The lowest BCUT2D eigenvalue weighted by Gasteiger charge is -2.25. The van der Waals surface area contributed by atoms with Gasteiger partial charge in [0.1, 0.15) is 0 Å². The van der Waals surface area contributed by atoms with Crippen LogP contribution < -0.4 is 0 Å². The van der Waals surface area contributed by atoms with Gasteiger partial charge in [-0.15, -0.1) is 0 Å². The fourth-order valence-electron chi connectivity index (χ4n) is 4.02. The van der Waals surface area contributed by atoms with E-state index in [2.05, 4.69) is 90.7 Å². The van der Waals surface area contributed by atoms with E-state index in [0.717, 1.165) is 6.42 Å². The molecule has 3 rings (SSSR count). The predicted molar refractivity (Wildman–Crippen MR) is 127 cm³/mol. The average Bonchev–Trinajstić information content (AvgIpc) is 2.57. The lowest BCUT2D eigenvalue weighted by atomic mass is 9.91. The lowest BCUT2D eigenvalue weighted by Crippen LogP contribution is -2.23. The Balaban J connectivity index is 2.50. The van der Waals surface area contributed by atoms with Crippen LogP contribution in [0.15, 0.2) is 36.4 Å². The Kier molecular flexibility index (Phi) is 5.36. The molecule has 27 heavy (non-hydrogen) atoms. The fourth-order valence-corrected chi connectivity index (χ4v) is 5.79. The molecule has 0 amide bonds. The number of fused-ring (bicyclic) bond motifs is 3. The summed E-state index contributed by atoms with van der Waals surface area (Å²) in [5.74, 6) is 0. The third kappa shape index (κ3) is 3.75. The number of allylic oxidation sites excluding steroid dienone is 1. The molecule has 0 aliphatic heterocycles. The van der Waals surface area contributed by atoms with Gasteiger partial charge in [0, 0.05) is 0 Å². The molecule has 3 aromatic carbocycles. The topological polar surface area (TPSA) is 0 Å². The van der Waals surface area contributed by atoms with Crippen molar-refractivity contribution in [3.8, 4) is 0 Å². The molecule has 0 nitrogen and oxygen atoms in total. The number of unbranched alkanes of at least 4 members (excludes halogenated alkanes) is 1. The van der Waals surface area contributed by atoms with Gasteiger partial charge in [-0.05, 0) is 89.5 Å². The molecule has 0 aliphatic rings.